The van der Waals surface area contributed by atoms with Crippen LogP contribution in [0, 0.1) is 0 Å². The van der Waals surface area contributed by atoms with Gasteiger partial charge >= 0.3 is 0 Å². The number of hydrogen-bond acceptors (Lipinski definition) is 4. The second-order valence-electron chi connectivity index (χ2n) is 2.19. The number of nitrogens with one attached hydrogen (secondary N) is 1. The minimum atomic E-state index is 0.691. The van der Waals surface area contributed by atoms with Gasteiger partial charge in [-0.1, -0.05) is 11.8 Å². The average molecular weight is 181 g/mol. The molecule has 0 bridgehead atoms. The van der Waals surface area contributed by atoms with Crippen molar-refractivity contribution < 1.29 is 4.42 Å². The summed E-state index contributed by atoms with van der Waals surface area (Å²) >= 11 is 1.55. The molecule has 0 aliphatic carbocycles. The molecule has 2 aromatic rings. The van der Waals surface area contributed by atoms with Crippen molar-refractivity contribution in [3.8, 4) is 0 Å². The van der Waals surface area contributed by atoms with Crippen molar-refractivity contribution in [2.75, 3.05) is 0 Å². The molecule has 0 fully saturated rings. The Balaban J connectivity index is 1.91. The molecule has 0 saturated carbocycles. The van der Waals surface area contributed by atoms with E-state index >= 15 is 0 Å². The summed E-state index contributed by atoms with van der Waals surface area (Å²) in [5, 5.41) is 7.27. The van der Waals surface area contributed by atoms with Crippen molar-refractivity contribution in [2.24, 2.45) is 0 Å². The SMILES string of the molecule is c1coc(SCc2cn[nH]c2)n1. The van der Waals surface area contributed by atoms with Crippen LogP contribution in [0.4, 0.5) is 0 Å². The molecule has 0 aliphatic heterocycles. The molecule has 0 aliphatic rings. The summed E-state index contributed by atoms with van der Waals surface area (Å²) in [7, 11) is 0. The van der Waals surface area contributed by atoms with Gasteiger partial charge in [-0.3, -0.25) is 5.10 Å². The normalized spacial score (nSPS) is 10.3. The van der Waals surface area contributed by atoms with Gasteiger partial charge in [-0.2, -0.15) is 5.10 Å². The van der Waals surface area contributed by atoms with E-state index in [2.05, 4.69) is 15.2 Å². The fraction of sp³-hybridized carbons (Fsp3) is 0.143. The first-order chi connectivity index (χ1) is 5.95. The Hall–Kier alpha value is -1.23. The number of H-pyrrole nitrogens is 1. The number of thioether (sulfide) groups is 1. The third-order valence-electron chi connectivity index (χ3n) is 1.33. The molecule has 0 amide bonds. The maximum Gasteiger partial charge on any atom is 0.255 e. The highest BCUT2D eigenvalue weighted by Crippen LogP contribution is 2.19. The van der Waals surface area contributed by atoms with Crippen LogP contribution in [0.5, 0.6) is 0 Å². The Morgan fingerprint density at radius 1 is 1.58 bits per heavy atom. The minimum Gasteiger partial charge on any atom is -0.440 e. The smallest absolute Gasteiger partial charge is 0.255 e. The van der Waals surface area contributed by atoms with Gasteiger partial charge in [0.2, 0.25) is 0 Å². The topological polar surface area (TPSA) is 54.7 Å². The lowest BCUT2D eigenvalue weighted by atomic mass is 10.4. The van der Waals surface area contributed by atoms with E-state index in [9.17, 15) is 0 Å². The van der Waals surface area contributed by atoms with Crippen LogP contribution in [0.25, 0.3) is 0 Å². The number of aromatic amines is 1. The third-order valence-corrected chi connectivity index (χ3v) is 2.25. The second-order valence-corrected chi connectivity index (χ2v) is 3.12. The summed E-state index contributed by atoms with van der Waals surface area (Å²) < 4.78 is 5.05. The van der Waals surface area contributed by atoms with Crippen molar-refractivity contribution >= 4 is 11.8 Å². The monoisotopic (exact) mass is 181 g/mol. The zero-order chi connectivity index (χ0) is 8.23. The van der Waals surface area contributed by atoms with E-state index in [1.165, 1.54) is 0 Å². The summed E-state index contributed by atoms with van der Waals surface area (Å²) in [4.78, 5) is 3.98. The van der Waals surface area contributed by atoms with Gasteiger partial charge in [0, 0.05) is 17.5 Å². The molecular formula is C7H7N3OS. The van der Waals surface area contributed by atoms with Gasteiger partial charge in [0.25, 0.3) is 5.22 Å². The van der Waals surface area contributed by atoms with E-state index in [0.29, 0.717) is 5.22 Å². The summed E-state index contributed by atoms with van der Waals surface area (Å²) in [5.41, 5.74) is 1.14. The van der Waals surface area contributed by atoms with Gasteiger partial charge in [-0.05, 0) is 0 Å². The molecule has 0 unspecified atom stereocenters. The molecule has 5 heteroatoms. The van der Waals surface area contributed by atoms with Crippen LogP contribution in [0.3, 0.4) is 0 Å². The number of rotatable bonds is 3. The van der Waals surface area contributed by atoms with E-state index < -0.39 is 0 Å². The maximum absolute atomic E-state index is 5.05. The van der Waals surface area contributed by atoms with Crippen molar-refractivity contribution in [1.29, 1.82) is 0 Å². The number of hydrogen-bond donors (Lipinski definition) is 1. The lowest BCUT2D eigenvalue weighted by Gasteiger charge is -1.90. The Morgan fingerprint density at radius 3 is 3.25 bits per heavy atom. The van der Waals surface area contributed by atoms with Crippen molar-refractivity contribution in [3.63, 3.8) is 0 Å². The number of nitrogens with zero attached hydrogens (tertiary/aromatic N) is 2. The molecule has 2 heterocycles. The summed E-state index contributed by atoms with van der Waals surface area (Å²) in [5.74, 6) is 0.830. The van der Waals surface area contributed by atoms with Crippen LogP contribution in [-0.2, 0) is 5.75 Å². The van der Waals surface area contributed by atoms with Gasteiger partial charge in [-0.15, -0.1) is 0 Å². The molecule has 62 valence electrons. The first-order valence-corrected chi connectivity index (χ1v) is 4.43. The Morgan fingerprint density at radius 2 is 2.58 bits per heavy atom. The van der Waals surface area contributed by atoms with Crippen LogP contribution in [-0.4, -0.2) is 15.2 Å². The lowest BCUT2D eigenvalue weighted by molar-refractivity contribution is 0.454. The Bertz CT molecular complexity index is 282. The van der Waals surface area contributed by atoms with Crippen molar-refractivity contribution in [1.82, 2.24) is 15.2 Å². The first kappa shape index (κ1) is 7.42. The average Bonchev–Trinajstić information content (AvgIpc) is 2.74. The molecule has 0 aromatic carbocycles. The maximum atomic E-state index is 5.05. The van der Waals surface area contributed by atoms with E-state index in [-0.39, 0.29) is 0 Å². The predicted octanol–water partition coefficient (Wildman–Crippen LogP) is 1.69. The molecule has 2 aromatic heterocycles. The van der Waals surface area contributed by atoms with E-state index in [0.717, 1.165) is 11.3 Å². The van der Waals surface area contributed by atoms with Gasteiger partial charge in [0.1, 0.15) is 6.26 Å². The minimum absolute atomic E-state index is 0.691. The molecule has 12 heavy (non-hydrogen) atoms. The Kier molecular flexibility index (Phi) is 2.13. The van der Waals surface area contributed by atoms with Gasteiger partial charge < -0.3 is 4.42 Å². The van der Waals surface area contributed by atoms with E-state index in [4.69, 9.17) is 4.42 Å². The molecular weight excluding hydrogens is 174 g/mol. The highest BCUT2D eigenvalue weighted by Gasteiger charge is 1.99. The fourth-order valence-corrected chi connectivity index (χ4v) is 1.49. The van der Waals surface area contributed by atoms with Crippen LogP contribution >= 0.6 is 11.8 Å². The fourth-order valence-electron chi connectivity index (χ4n) is 0.783. The predicted molar refractivity (Wildman–Crippen MR) is 44.7 cm³/mol. The van der Waals surface area contributed by atoms with Crippen molar-refractivity contribution in [3.05, 3.63) is 30.4 Å². The summed E-state index contributed by atoms with van der Waals surface area (Å²) in [6.07, 6.45) is 6.85. The quantitative estimate of drug-likeness (QED) is 0.732. The molecule has 2 rings (SSSR count). The molecule has 0 spiro atoms. The third kappa shape index (κ3) is 1.68. The zero-order valence-electron chi connectivity index (χ0n) is 6.23. The largest absolute Gasteiger partial charge is 0.440 e. The number of oxazole rings is 1. The van der Waals surface area contributed by atoms with Crippen LogP contribution < -0.4 is 0 Å². The number of aromatic nitrogens is 3. The standard InChI is InChI=1S/C7H7N3OS/c1-2-11-7(8-1)12-5-6-3-9-10-4-6/h1-4H,5H2,(H,9,10). The highest BCUT2D eigenvalue weighted by molar-refractivity contribution is 7.98. The lowest BCUT2D eigenvalue weighted by Crippen LogP contribution is -1.74. The highest BCUT2D eigenvalue weighted by atomic mass is 32.2. The molecule has 0 atom stereocenters. The van der Waals surface area contributed by atoms with Crippen LogP contribution in [0.1, 0.15) is 5.56 Å². The van der Waals surface area contributed by atoms with Crippen molar-refractivity contribution in [2.45, 2.75) is 11.0 Å². The molecule has 1 N–H and O–H groups in total. The molecule has 0 saturated heterocycles. The first-order valence-electron chi connectivity index (χ1n) is 3.45. The zero-order valence-corrected chi connectivity index (χ0v) is 7.04. The Labute approximate surface area is 73.4 Å². The van der Waals surface area contributed by atoms with Crippen LogP contribution in [0.2, 0.25) is 0 Å². The summed E-state index contributed by atoms with van der Waals surface area (Å²) in [6.45, 7) is 0. The molecule has 0 radical (unpaired) electrons. The van der Waals surface area contributed by atoms with Gasteiger partial charge in [0.15, 0.2) is 0 Å². The van der Waals surface area contributed by atoms with E-state index in [1.54, 1.807) is 30.4 Å². The molecule has 4 nitrogen and oxygen atoms in total. The van der Waals surface area contributed by atoms with Gasteiger partial charge in [0.05, 0.1) is 12.4 Å². The summed E-state index contributed by atoms with van der Waals surface area (Å²) in [6, 6.07) is 0. The van der Waals surface area contributed by atoms with Crippen LogP contribution in [0.15, 0.2) is 34.5 Å². The second kappa shape index (κ2) is 3.44. The van der Waals surface area contributed by atoms with Gasteiger partial charge in [-0.25, -0.2) is 4.98 Å². The van der Waals surface area contributed by atoms with E-state index in [1.807, 2.05) is 6.20 Å².